The molecule has 5 nitrogen and oxygen atoms in total. The first-order valence-electron chi connectivity index (χ1n) is 7.00. The molecule has 1 heterocycles. The van der Waals surface area contributed by atoms with Crippen molar-refractivity contribution >= 4 is 17.7 Å². The zero-order valence-electron chi connectivity index (χ0n) is 12.2. The minimum Gasteiger partial charge on any atom is -0.493 e. The quantitative estimate of drug-likeness (QED) is 0.831. The van der Waals surface area contributed by atoms with Gasteiger partial charge in [-0.3, -0.25) is 9.69 Å². The highest BCUT2D eigenvalue weighted by molar-refractivity contribution is 7.99. The lowest BCUT2D eigenvalue weighted by Crippen LogP contribution is -2.45. The molecule has 1 unspecified atom stereocenters. The molecule has 1 saturated heterocycles. The van der Waals surface area contributed by atoms with Crippen molar-refractivity contribution in [3.8, 4) is 11.5 Å². The first kappa shape index (κ1) is 16.0. The smallest absolute Gasteiger partial charge is 0.304 e. The van der Waals surface area contributed by atoms with Crippen LogP contribution in [0.4, 0.5) is 0 Å². The summed E-state index contributed by atoms with van der Waals surface area (Å²) in [5, 5.41) is 8.97. The van der Waals surface area contributed by atoms with Crippen molar-refractivity contribution in [2.45, 2.75) is 12.5 Å². The van der Waals surface area contributed by atoms with Crippen LogP contribution in [0, 0.1) is 0 Å². The lowest BCUT2D eigenvalue weighted by molar-refractivity contribution is -0.138. The maximum absolute atomic E-state index is 10.9. The third kappa shape index (κ3) is 4.82. The summed E-state index contributed by atoms with van der Waals surface area (Å²) < 4.78 is 11.0. The molecule has 1 aliphatic rings. The third-order valence-electron chi connectivity index (χ3n) is 3.46. The van der Waals surface area contributed by atoms with Gasteiger partial charge in [-0.1, -0.05) is 12.1 Å². The van der Waals surface area contributed by atoms with E-state index in [1.165, 1.54) is 0 Å². The fourth-order valence-corrected chi connectivity index (χ4v) is 3.52. The number of para-hydroxylation sites is 2. The number of aliphatic carboxylic acids is 1. The molecular weight excluding hydrogens is 290 g/mol. The maximum atomic E-state index is 10.9. The topological polar surface area (TPSA) is 59.0 Å². The van der Waals surface area contributed by atoms with Gasteiger partial charge in [-0.05, 0) is 12.1 Å². The summed E-state index contributed by atoms with van der Waals surface area (Å²) in [5.41, 5.74) is 0. The summed E-state index contributed by atoms with van der Waals surface area (Å²) in [6.45, 7) is 2.18. The molecule has 1 aliphatic heterocycles. The number of carbonyl (C=O) groups is 1. The van der Waals surface area contributed by atoms with E-state index in [-0.39, 0.29) is 12.5 Å². The molecule has 1 aromatic carbocycles. The molecule has 0 aromatic heterocycles. The number of rotatable bonds is 7. The molecule has 1 N–H and O–H groups in total. The molecule has 21 heavy (non-hydrogen) atoms. The van der Waals surface area contributed by atoms with Crippen LogP contribution in [0.5, 0.6) is 11.5 Å². The molecule has 0 aliphatic carbocycles. The highest BCUT2D eigenvalue weighted by Crippen LogP contribution is 2.26. The van der Waals surface area contributed by atoms with Gasteiger partial charge in [0.2, 0.25) is 0 Å². The molecular formula is C15H21NO4S. The van der Waals surface area contributed by atoms with E-state index in [2.05, 4.69) is 4.90 Å². The van der Waals surface area contributed by atoms with Crippen molar-refractivity contribution in [2.24, 2.45) is 0 Å². The van der Waals surface area contributed by atoms with Crippen LogP contribution >= 0.6 is 11.8 Å². The third-order valence-corrected chi connectivity index (χ3v) is 4.56. The zero-order valence-corrected chi connectivity index (χ0v) is 13.0. The molecule has 0 bridgehead atoms. The Hall–Kier alpha value is -1.40. The molecule has 1 aromatic rings. The second kappa shape index (κ2) is 8.14. The van der Waals surface area contributed by atoms with Crippen molar-refractivity contribution in [1.82, 2.24) is 4.90 Å². The van der Waals surface area contributed by atoms with E-state index in [0.717, 1.165) is 30.3 Å². The van der Waals surface area contributed by atoms with Gasteiger partial charge in [0.05, 0.1) is 13.5 Å². The van der Waals surface area contributed by atoms with Crippen molar-refractivity contribution in [2.75, 3.05) is 38.3 Å². The molecule has 1 atom stereocenters. The predicted octanol–water partition coefficient (Wildman–Crippen LogP) is 1.97. The second-order valence-corrected chi connectivity index (χ2v) is 6.01. The van der Waals surface area contributed by atoms with Gasteiger partial charge < -0.3 is 14.6 Å². The van der Waals surface area contributed by atoms with E-state index >= 15 is 0 Å². The van der Waals surface area contributed by atoms with Gasteiger partial charge in [-0.25, -0.2) is 0 Å². The monoisotopic (exact) mass is 311 g/mol. The summed E-state index contributed by atoms with van der Waals surface area (Å²) in [6, 6.07) is 7.64. The molecule has 116 valence electrons. The van der Waals surface area contributed by atoms with Gasteiger partial charge in [0, 0.05) is 30.6 Å². The van der Waals surface area contributed by atoms with Gasteiger partial charge >= 0.3 is 5.97 Å². The molecule has 0 radical (unpaired) electrons. The van der Waals surface area contributed by atoms with E-state index in [1.807, 2.05) is 36.0 Å². The summed E-state index contributed by atoms with van der Waals surface area (Å²) in [7, 11) is 1.62. The Morgan fingerprint density at radius 2 is 2.19 bits per heavy atom. The van der Waals surface area contributed by atoms with Crippen molar-refractivity contribution in [1.29, 1.82) is 0 Å². The van der Waals surface area contributed by atoms with E-state index in [0.29, 0.717) is 12.4 Å². The Kier molecular flexibility index (Phi) is 6.20. The Bertz CT molecular complexity index is 469. The van der Waals surface area contributed by atoms with Gasteiger partial charge in [-0.2, -0.15) is 11.8 Å². The number of hydrogen-bond acceptors (Lipinski definition) is 5. The Morgan fingerprint density at radius 3 is 2.90 bits per heavy atom. The average Bonchev–Trinajstić information content (AvgIpc) is 2.49. The fourth-order valence-electron chi connectivity index (χ4n) is 2.38. The van der Waals surface area contributed by atoms with Crippen LogP contribution in [0.1, 0.15) is 6.42 Å². The van der Waals surface area contributed by atoms with E-state index < -0.39 is 5.97 Å². The molecule has 2 rings (SSSR count). The van der Waals surface area contributed by atoms with Crippen molar-refractivity contribution < 1.29 is 19.4 Å². The van der Waals surface area contributed by atoms with Gasteiger partial charge in [-0.15, -0.1) is 0 Å². The Balaban J connectivity index is 1.84. The lowest BCUT2D eigenvalue weighted by atomic mass is 10.2. The van der Waals surface area contributed by atoms with Crippen LogP contribution < -0.4 is 9.47 Å². The highest BCUT2D eigenvalue weighted by atomic mass is 32.2. The first-order valence-corrected chi connectivity index (χ1v) is 8.15. The molecule has 0 amide bonds. The number of carboxylic acid groups (broad SMARTS) is 1. The average molecular weight is 311 g/mol. The maximum Gasteiger partial charge on any atom is 0.304 e. The van der Waals surface area contributed by atoms with E-state index in [1.54, 1.807) is 7.11 Å². The minimum atomic E-state index is -0.738. The number of benzene rings is 1. The SMILES string of the molecule is COc1ccccc1OCCN1CCSCC1CC(=O)O. The Labute approximate surface area is 129 Å². The second-order valence-electron chi connectivity index (χ2n) is 4.86. The number of ether oxygens (including phenoxy) is 2. The predicted molar refractivity (Wildman–Crippen MR) is 83.4 cm³/mol. The highest BCUT2D eigenvalue weighted by Gasteiger charge is 2.24. The van der Waals surface area contributed by atoms with E-state index in [4.69, 9.17) is 14.6 Å². The first-order chi connectivity index (χ1) is 10.2. The molecule has 0 saturated carbocycles. The van der Waals surface area contributed by atoms with Crippen molar-refractivity contribution in [3.63, 3.8) is 0 Å². The number of methoxy groups -OCH3 is 1. The fraction of sp³-hybridized carbons (Fsp3) is 0.533. The zero-order chi connectivity index (χ0) is 15.1. The molecule has 0 spiro atoms. The summed E-state index contributed by atoms with van der Waals surface area (Å²) >= 11 is 1.82. The summed E-state index contributed by atoms with van der Waals surface area (Å²) in [6.07, 6.45) is 0.196. The number of nitrogens with zero attached hydrogens (tertiary/aromatic N) is 1. The lowest BCUT2D eigenvalue weighted by Gasteiger charge is -2.34. The van der Waals surface area contributed by atoms with Crippen LogP contribution in [0.2, 0.25) is 0 Å². The largest absolute Gasteiger partial charge is 0.493 e. The number of hydrogen-bond donors (Lipinski definition) is 1. The summed E-state index contributed by atoms with van der Waals surface area (Å²) in [5.74, 6) is 2.62. The van der Waals surface area contributed by atoms with Crippen LogP contribution in [-0.4, -0.2) is 60.3 Å². The van der Waals surface area contributed by atoms with E-state index in [9.17, 15) is 4.79 Å². The molecule has 6 heteroatoms. The van der Waals surface area contributed by atoms with Gasteiger partial charge in [0.15, 0.2) is 11.5 Å². The van der Waals surface area contributed by atoms with Crippen LogP contribution in [-0.2, 0) is 4.79 Å². The van der Waals surface area contributed by atoms with Crippen LogP contribution in [0.25, 0.3) is 0 Å². The van der Waals surface area contributed by atoms with Crippen LogP contribution in [0.15, 0.2) is 24.3 Å². The number of carboxylic acids is 1. The molecule has 1 fully saturated rings. The number of thioether (sulfide) groups is 1. The van der Waals surface area contributed by atoms with Gasteiger partial charge in [0.1, 0.15) is 6.61 Å². The van der Waals surface area contributed by atoms with Gasteiger partial charge in [0.25, 0.3) is 0 Å². The van der Waals surface area contributed by atoms with Crippen molar-refractivity contribution in [3.05, 3.63) is 24.3 Å². The van der Waals surface area contributed by atoms with Crippen LogP contribution in [0.3, 0.4) is 0 Å². The minimum absolute atomic E-state index is 0.0996. The standard InChI is InChI=1S/C15H21NO4S/c1-19-13-4-2-3-5-14(13)20-8-6-16-7-9-21-11-12(16)10-15(17)18/h2-5,12H,6-11H2,1H3,(H,17,18). The Morgan fingerprint density at radius 1 is 1.43 bits per heavy atom. The normalized spacial score (nSPS) is 19.2. The summed E-state index contributed by atoms with van der Waals surface area (Å²) in [4.78, 5) is 13.1.